The zero-order chi connectivity index (χ0) is 23.0. The maximum absolute atomic E-state index is 12.5. The lowest BCUT2D eigenvalue weighted by Gasteiger charge is -2.10. The molecule has 1 aliphatic heterocycles. The summed E-state index contributed by atoms with van der Waals surface area (Å²) < 4.78 is 12.3. The van der Waals surface area contributed by atoms with Crippen molar-refractivity contribution in [3.63, 3.8) is 0 Å². The molecule has 2 aromatic heterocycles. The number of nitrogens with zero attached hydrogens (tertiary/aromatic N) is 4. The van der Waals surface area contributed by atoms with Gasteiger partial charge >= 0.3 is 5.69 Å². The molecule has 32 heavy (non-hydrogen) atoms. The Bertz CT molecular complexity index is 1320. The molecular weight excluding hydrogens is 420 g/mol. The highest BCUT2D eigenvalue weighted by molar-refractivity contribution is 6.03. The average molecular weight is 440 g/mol. The molecule has 0 aliphatic carbocycles. The van der Waals surface area contributed by atoms with Crippen LogP contribution in [-0.2, 0) is 30.2 Å². The molecule has 0 saturated heterocycles. The van der Waals surface area contributed by atoms with Gasteiger partial charge in [-0.25, -0.2) is 4.79 Å². The molecule has 4 rings (SSSR count). The van der Waals surface area contributed by atoms with E-state index in [0.29, 0.717) is 17.1 Å². The van der Waals surface area contributed by atoms with Crippen LogP contribution in [0.15, 0.2) is 38.4 Å². The number of rotatable bonds is 6. The van der Waals surface area contributed by atoms with E-state index in [1.807, 2.05) is 0 Å². The van der Waals surface area contributed by atoms with E-state index in [2.05, 4.69) is 20.8 Å². The molecule has 0 unspecified atom stereocenters. The number of ether oxygens (including phenoxy) is 1. The molecule has 0 spiro atoms. The summed E-state index contributed by atoms with van der Waals surface area (Å²) in [5.41, 5.74) is -0.370. The monoisotopic (exact) mass is 440 g/mol. The lowest BCUT2D eigenvalue weighted by Crippen LogP contribution is -2.39. The van der Waals surface area contributed by atoms with Gasteiger partial charge in [-0.15, -0.1) is 0 Å². The summed E-state index contributed by atoms with van der Waals surface area (Å²) in [6.07, 6.45) is -0.272. The van der Waals surface area contributed by atoms with Crippen LogP contribution in [0, 0.1) is 0 Å². The van der Waals surface area contributed by atoms with Crippen molar-refractivity contribution < 1.29 is 18.8 Å². The van der Waals surface area contributed by atoms with Gasteiger partial charge in [0.25, 0.3) is 5.56 Å². The Balaban J connectivity index is 1.44. The minimum atomic E-state index is -1.01. The fraction of sp³-hybridized carbons (Fsp3) is 0.300. The second-order valence-electron chi connectivity index (χ2n) is 7.23. The molecule has 12 nitrogen and oxygen atoms in total. The maximum Gasteiger partial charge on any atom is 0.332 e. The van der Waals surface area contributed by atoms with Crippen molar-refractivity contribution in [2.75, 3.05) is 12.4 Å². The van der Waals surface area contributed by atoms with Gasteiger partial charge in [0.2, 0.25) is 23.5 Å². The number of nitrogens with one attached hydrogen (secondary N) is 2. The van der Waals surface area contributed by atoms with Gasteiger partial charge in [0.05, 0.1) is 25.1 Å². The Morgan fingerprint density at radius 1 is 1.19 bits per heavy atom. The molecule has 3 aromatic rings. The molecule has 2 amide bonds. The molecule has 0 saturated carbocycles. The number of benzene rings is 1. The van der Waals surface area contributed by atoms with E-state index < -0.39 is 29.0 Å². The van der Waals surface area contributed by atoms with Crippen molar-refractivity contribution >= 4 is 17.6 Å². The van der Waals surface area contributed by atoms with Gasteiger partial charge in [0.15, 0.2) is 0 Å². The number of aromatic nitrogens is 4. The standard InChI is InChI=1S/C20H20N6O6/c1-25-17-15(19(29)26(2)20(25)30)12(18(28)23-17)8-13(27)21-9-14-22-16(24-32-14)10-4-6-11(31-3)7-5-10/h4-7,12H,8-9H2,1-3H3,(H,21,27)(H,23,28)/t12-/m0/s1. The highest BCUT2D eigenvalue weighted by atomic mass is 16.5. The summed E-state index contributed by atoms with van der Waals surface area (Å²) in [6.45, 7) is -0.0472. The van der Waals surface area contributed by atoms with Crippen LogP contribution < -0.4 is 26.6 Å². The predicted octanol–water partition coefficient (Wildman–Crippen LogP) is -0.115. The third kappa shape index (κ3) is 3.66. The Hall–Kier alpha value is -4.22. The second kappa shape index (κ2) is 8.13. The maximum atomic E-state index is 12.5. The summed E-state index contributed by atoms with van der Waals surface area (Å²) in [5.74, 6) is -0.678. The van der Waals surface area contributed by atoms with Gasteiger partial charge in [-0.3, -0.25) is 23.5 Å². The summed E-state index contributed by atoms with van der Waals surface area (Å²) in [6, 6.07) is 7.07. The topological polar surface area (TPSA) is 150 Å². The van der Waals surface area contributed by atoms with Gasteiger partial charge in [0.1, 0.15) is 11.6 Å². The fourth-order valence-corrected chi connectivity index (χ4v) is 3.48. The van der Waals surface area contributed by atoms with Crippen LogP contribution in [0.2, 0.25) is 0 Å². The smallest absolute Gasteiger partial charge is 0.332 e. The molecule has 0 fully saturated rings. The molecule has 3 heterocycles. The summed E-state index contributed by atoms with van der Waals surface area (Å²) in [7, 11) is 4.33. The summed E-state index contributed by atoms with van der Waals surface area (Å²) in [5, 5.41) is 9.01. The molecule has 0 bridgehead atoms. The van der Waals surface area contributed by atoms with E-state index in [1.54, 1.807) is 31.4 Å². The van der Waals surface area contributed by atoms with Crippen LogP contribution >= 0.6 is 0 Å². The van der Waals surface area contributed by atoms with Gasteiger partial charge in [-0.2, -0.15) is 4.98 Å². The van der Waals surface area contributed by atoms with Crippen LogP contribution in [0.3, 0.4) is 0 Å². The SMILES string of the molecule is COc1ccc(-c2noc(CNC(=O)C[C@@H]3C(=O)Nc4c3c(=O)n(C)c(=O)n4C)n2)cc1. The number of hydrogen-bond acceptors (Lipinski definition) is 8. The lowest BCUT2D eigenvalue weighted by atomic mass is 9.99. The van der Waals surface area contributed by atoms with Crippen molar-refractivity contribution in [3.8, 4) is 17.1 Å². The number of carbonyl (C=O) groups is 2. The first kappa shape index (κ1) is 21.0. The summed E-state index contributed by atoms with van der Waals surface area (Å²) in [4.78, 5) is 53.6. The van der Waals surface area contributed by atoms with Gasteiger partial charge < -0.3 is 19.9 Å². The fourth-order valence-electron chi connectivity index (χ4n) is 3.48. The molecular formula is C20H20N6O6. The van der Waals surface area contributed by atoms with Gasteiger partial charge in [-0.05, 0) is 24.3 Å². The molecule has 0 radical (unpaired) electrons. The largest absolute Gasteiger partial charge is 0.497 e. The zero-order valence-corrected chi connectivity index (χ0v) is 17.5. The number of carbonyl (C=O) groups excluding carboxylic acids is 2. The minimum Gasteiger partial charge on any atom is -0.497 e. The zero-order valence-electron chi connectivity index (χ0n) is 17.5. The molecule has 12 heteroatoms. The van der Waals surface area contributed by atoms with Crippen molar-refractivity contribution in [2.24, 2.45) is 14.1 Å². The summed E-state index contributed by atoms with van der Waals surface area (Å²) >= 11 is 0. The Labute approximate surface area is 180 Å². The quantitative estimate of drug-likeness (QED) is 0.539. The lowest BCUT2D eigenvalue weighted by molar-refractivity contribution is -0.125. The van der Waals surface area contributed by atoms with Crippen LogP contribution in [0.1, 0.15) is 23.8 Å². The van der Waals surface area contributed by atoms with Crippen LogP contribution in [0.25, 0.3) is 11.4 Å². The second-order valence-corrected chi connectivity index (χ2v) is 7.23. The van der Waals surface area contributed by atoms with Gasteiger partial charge in [-0.1, -0.05) is 5.16 Å². The number of methoxy groups -OCH3 is 1. The van der Waals surface area contributed by atoms with Crippen molar-refractivity contribution in [2.45, 2.75) is 18.9 Å². The first-order valence-corrected chi connectivity index (χ1v) is 9.64. The molecule has 1 aliphatic rings. The van der Waals surface area contributed by atoms with Crippen molar-refractivity contribution in [3.05, 3.63) is 56.6 Å². The molecule has 2 N–H and O–H groups in total. The van der Waals surface area contributed by atoms with E-state index in [4.69, 9.17) is 9.26 Å². The number of hydrogen-bond donors (Lipinski definition) is 2. The Kier molecular flexibility index (Phi) is 5.34. The van der Waals surface area contributed by atoms with Crippen molar-refractivity contribution in [1.29, 1.82) is 0 Å². The number of fused-ring (bicyclic) bond motifs is 1. The third-order valence-corrected chi connectivity index (χ3v) is 5.25. The van der Waals surface area contributed by atoms with E-state index in [0.717, 1.165) is 4.57 Å². The van der Waals surface area contributed by atoms with Crippen LogP contribution in [0.5, 0.6) is 5.75 Å². The van der Waals surface area contributed by atoms with E-state index in [-0.39, 0.29) is 30.2 Å². The third-order valence-electron chi connectivity index (χ3n) is 5.25. The average Bonchev–Trinajstić information content (AvgIpc) is 3.40. The first-order chi connectivity index (χ1) is 15.3. The normalized spacial score (nSPS) is 14.7. The molecule has 166 valence electrons. The van der Waals surface area contributed by atoms with Crippen molar-refractivity contribution in [1.82, 2.24) is 24.6 Å². The van der Waals surface area contributed by atoms with Crippen LogP contribution in [0.4, 0.5) is 5.82 Å². The molecule has 1 atom stereocenters. The number of anilines is 1. The first-order valence-electron chi connectivity index (χ1n) is 9.64. The highest BCUT2D eigenvalue weighted by Gasteiger charge is 2.37. The van der Waals surface area contributed by atoms with Gasteiger partial charge in [0, 0.05) is 26.1 Å². The van der Waals surface area contributed by atoms with E-state index in [1.165, 1.54) is 18.7 Å². The Morgan fingerprint density at radius 2 is 1.91 bits per heavy atom. The van der Waals surface area contributed by atoms with E-state index in [9.17, 15) is 19.2 Å². The van der Waals surface area contributed by atoms with Crippen LogP contribution in [-0.4, -0.2) is 38.2 Å². The minimum absolute atomic E-state index is 0.0472. The van der Waals surface area contributed by atoms with E-state index >= 15 is 0 Å². The number of amides is 2. The molecule has 1 aromatic carbocycles. The highest BCUT2D eigenvalue weighted by Crippen LogP contribution is 2.30. The Morgan fingerprint density at radius 3 is 2.59 bits per heavy atom. The predicted molar refractivity (Wildman–Crippen MR) is 111 cm³/mol.